The fourth-order valence-corrected chi connectivity index (χ4v) is 17.0. The number of nitrogens with zero attached hydrogens (tertiary/aromatic N) is 12. The molecular weight excluding hydrogens is 1380 g/mol. The summed E-state index contributed by atoms with van der Waals surface area (Å²) in [4.78, 5) is 90.5. The summed E-state index contributed by atoms with van der Waals surface area (Å²) in [6.07, 6.45) is 0.707. The van der Waals surface area contributed by atoms with Gasteiger partial charge in [-0.05, 0) is 227 Å². The first-order valence-electron chi connectivity index (χ1n) is 32.7. The number of halogens is 2. The molecule has 0 saturated carbocycles. The molecule has 0 unspecified atom stereocenters. The number of fused-ring (bicyclic) bond motifs is 6. The third-order valence-electron chi connectivity index (χ3n) is 18.0. The molecule has 0 fully saturated rings. The lowest BCUT2D eigenvalue weighted by molar-refractivity contribution is -0.138. The number of carboxylic acids is 3. The van der Waals surface area contributed by atoms with Gasteiger partial charge in [0.05, 0.1) is 105 Å². The Kier molecular flexibility index (Phi) is 20.6. The number of aliphatic carboxylic acids is 3. The molecule has 21 nitrogen and oxygen atoms in total. The predicted octanol–water partition coefficient (Wildman–Crippen LogP) is 15.6. The zero-order valence-corrected chi connectivity index (χ0v) is 61.0. The fourth-order valence-electron chi connectivity index (χ4n) is 13.7. The van der Waals surface area contributed by atoms with Crippen LogP contribution in [0.4, 0.5) is 0 Å². The molecule has 3 N–H and O–H groups in total. The Hall–Kier alpha value is -9.98. The van der Waals surface area contributed by atoms with Crippen molar-refractivity contribution in [2.75, 3.05) is 0 Å². The number of aryl methyl sites for hydroxylation is 9. The van der Waals surface area contributed by atoms with Gasteiger partial charge in [0.2, 0.25) is 0 Å². The number of rotatable bonds is 19. The van der Waals surface area contributed by atoms with Crippen molar-refractivity contribution in [2.24, 2.45) is 0 Å². The summed E-state index contributed by atoms with van der Waals surface area (Å²) < 4.78 is 26.8. The zero-order valence-electron chi connectivity index (χ0n) is 57.1. The SMILES string of the molecule is CCC[C@@H](CC(=O)O)n1c(=O)n(Cc2nsc3cc(C)cc(C)c23)c2ccc(C)nc21.Cc1cc(C)c2c(Cn3c(=O)n([C@H](CC(=O)O)c4ccc(Cl)cc4)c4nc(C)ccc43)nsc2c1.Cc1cc(C)c2c(Cn3c(=O)n([C@H](CC(=O)O)c4cccc(Cl)c4)c4nc(C)ccc43)nsc2c1. The van der Waals surface area contributed by atoms with Gasteiger partial charge in [0.15, 0.2) is 16.9 Å². The van der Waals surface area contributed by atoms with Crippen molar-refractivity contribution in [2.45, 2.75) is 139 Å². The molecule has 14 rings (SSSR count). The van der Waals surface area contributed by atoms with Gasteiger partial charge < -0.3 is 15.3 Å². The first kappa shape index (κ1) is 70.9. The molecule has 0 spiro atoms. The Morgan fingerprint density at radius 1 is 0.436 bits per heavy atom. The van der Waals surface area contributed by atoms with Gasteiger partial charge in [-0.1, -0.05) is 79.0 Å². The number of pyridine rings is 3. The Balaban J connectivity index is 0.000000144. The van der Waals surface area contributed by atoms with Gasteiger partial charge in [-0.25, -0.2) is 29.3 Å². The Bertz CT molecular complexity index is 5780. The number of aromatic nitrogens is 12. The van der Waals surface area contributed by atoms with Gasteiger partial charge in [-0.3, -0.25) is 41.8 Å². The molecule has 0 aliphatic carbocycles. The highest BCUT2D eigenvalue weighted by Gasteiger charge is 2.30. The van der Waals surface area contributed by atoms with Gasteiger partial charge in [0.25, 0.3) is 0 Å². The summed E-state index contributed by atoms with van der Waals surface area (Å²) >= 11 is 16.5. The van der Waals surface area contributed by atoms with Gasteiger partial charge in [0.1, 0.15) is 0 Å². The largest absolute Gasteiger partial charge is 0.481 e. The van der Waals surface area contributed by atoms with Crippen molar-refractivity contribution in [1.82, 2.24) is 55.5 Å². The second-order valence-electron chi connectivity index (χ2n) is 25.7. The molecule has 0 saturated heterocycles. The van der Waals surface area contributed by atoms with Crippen LogP contribution in [0.2, 0.25) is 10.0 Å². The first-order valence-corrected chi connectivity index (χ1v) is 35.8. The Morgan fingerprint density at radius 3 is 1.17 bits per heavy atom. The van der Waals surface area contributed by atoms with Crippen LogP contribution in [-0.4, -0.2) is 88.7 Å². The van der Waals surface area contributed by atoms with E-state index in [-0.39, 0.29) is 49.4 Å². The molecule has 3 atom stereocenters. The standard InChI is InChI=1S/2C26H23ClN4O3S.C23H26N4O3S/c1-14-10-15(2)24-19(29-35-22(24)11-14)13-30-20-9-4-16(3)28-25(20)31(26(30)34)21(12-23(32)33)17-5-7-18(27)8-6-17;1-14-9-15(2)24-19(29-35-22(24)10-14)13-30-20-8-7-16(3)28-25(20)31(26(30)34)21(12-23(32)33)17-5-4-6-18(27)11-17;1-5-6-16(11-20(28)29)27-22-18(8-7-15(4)24-22)26(23(27)30)12-17-21-14(3)9-13(2)10-19(21)31-25-17/h2*4-11,21H,12-13H2,1-3H3,(H,32,33);7-10,16H,5-6,11-12H2,1-4H3,(H,28,29)/t2*21-;16-/m110/s1. The molecular formula is C75H72Cl2N12O9S3. The highest BCUT2D eigenvalue weighted by atomic mass is 35.5. The van der Waals surface area contributed by atoms with Crippen LogP contribution in [0.15, 0.2) is 136 Å². The van der Waals surface area contributed by atoms with Crippen molar-refractivity contribution in [3.8, 4) is 0 Å². The first-order chi connectivity index (χ1) is 48.2. The normalized spacial score (nSPS) is 12.5. The third kappa shape index (κ3) is 14.5. The molecule has 0 radical (unpaired) electrons. The van der Waals surface area contributed by atoms with Crippen LogP contribution in [0, 0.1) is 62.3 Å². The summed E-state index contributed by atoms with van der Waals surface area (Å²) in [5.41, 5.74) is 15.4. The number of benzene rings is 5. The summed E-state index contributed by atoms with van der Waals surface area (Å²) in [6.45, 7) is 20.7. The van der Waals surface area contributed by atoms with E-state index >= 15 is 0 Å². The van der Waals surface area contributed by atoms with Crippen molar-refractivity contribution in [1.29, 1.82) is 0 Å². The molecule has 14 aromatic rings. The Morgan fingerprint density at radius 2 is 0.802 bits per heavy atom. The third-order valence-corrected chi connectivity index (χ3v) is 21.0. The van der Waals surface area contributed by atoms with Crippen LogP contribution in [-0.2, 0) is 34.0 Å². The van der Waals surface area contributed by atoms with Gasteiger partial charge in [-0.15, -0.1) is 0 Å². The van der Waals surface area contributed by atoms with E-state index in [1.54, 1.807) is 66.8 Å². The predicted molar refractivity (Wildman–Crippen MR) is 401 cm³/mol. The molecule has 9 heterocycles. The highest BCUT2D eigenvalue weighted by Crippen LogP contribution is 2.35. The van der Waals surface area contributed by atoms with E-state index in [9.17, 15) is 44.1 Å². The average Bonchev–Trinajstić information content (AvgIpc) is 1.61. The van der Waals surface area contributed by atoms with Crippen LogP contribution in [0.3, 0.4) is 0 Å². The molecule has 26 heteroatoms. The van der Waals surface area contributed by atoms with Crippen molar-refractivity contribution in [3.05, 3.63) is 241 Å². The quantitative estimate of drug-likeness (QED) is 0.0679. The molecule has 9 aromatic heterocycles. The van der Waals surface area contributed by atoms with E-state index in [1.165, 1.54) is 49.3 Å². The van der Waals surface area contributed by atoms with E-state index in [0.29, 0.717) is 67.6 Å². The van der Waals surface area contributed by atoms with E-state index in [0.717, 1.165) is 98.7 Å². The lowest BCUT2D eigenvalue weighted by atomic mass is 10.0. The maximum atomic E-state index is 13.9. The fraction of sp³-hybridized carbons (Fsp3) is 0.280. The molecule has 0 amide bonds. The average molecular weight is 1450 g/mol. The highest BCUT2D eigenvalue weighted by molar-refractivity contribution is 7.14. The number of hydrogen-bond donors (Lipinski definition) is 3. The summed E-state index contributed by atoms with van der Waals surface area (Å²) in [5.74, 6) is -2.95. The summed E-state index contributed by atoms with van der Waals surface area (Å²) in [6, 6.07) is 35.7. The monoisotopic (exact) mass is 1450 g/mol. The number of carboxylic acid groups (broad SMARTS) is 3. The summed E-state index contributed by atoms with van der Waals surface area (Å²) in [7, 11) is 0. The van der Waals surface area contributed by atoms with Crippen molar-refractivity contribution >= 4 is 139 Å². The van der Waals surface area contributed by atoms with E-state index in [2.05, 4.69) is 92.2 Å². The van der Waals surface area contributed by atoms with E-state index in [1.807, 2.05) is 77.9 Å². The van der Waals surface area contributed by atoms with Gasteiger partial charge >= 0.3 is 35.0 Å². The van der Waals surface area contributed by atoms with Crippen LogP contribution < -0.4 is 17.1 Å². The van der Waals surface area contributed by atoms with E-state index < -0.39 is 36.0 Å². The maximum Gasteiger partial charge on any atom is 0.331 e. The number of carbonyl (C=O) groups is 3. The molecule has 0 aliphatic rings. The van der Waals surface area contributed by atoms with Crippen molar-refractivity contribution < 1.29 is 29.7 Å². The van der Waals surface area contributed by atoms with Crippen LogP contribution >= 0.6 is 57.8 Å². The Labute approximate surface area is 601 Å². The van der Waals surface area contributed by atoms with Crippen molar-refractivity contribution in [3.63, 3.8) is 0 Å². The summed E-state index contributed by atoms with van der Waals surface area (Å²) in [5, 5.41) is 33.0. The number of hydrogen-bond acceptors (Lipinski definition) is 15. The van der Waals surface area contributed by atoms with E-state index in [4.69, 9.17) is 23.2 Å². The van der Waals surface area contributed by atoms with Crippen LogP contribution in [0.1, 0.15) is 136 Å². The molecule has 0 aliphatic heterocycles. The zero-order chi connectivity index (χ0) is 72.0. The smallest absolute Gasteiger partial charge is 0.331 e. The number of imidazole rings is 3. The molecule has 0 bridgehead atoms. The second kappa shape index (κ2) is 29.3. The van der Waals surface area contributed by atoms with Crippen LogP contribution in [0.5, 0.6) is 0 Å². The molecule has 101 heavy (non-hydrogen) atoms. The minimum atomic E-state index is -1.02. The van der Waals surface area contributed by atoms with Gasteiger partial charge in [0, 0.05) is 43.3 Å². The van der Waals surface area contributed by atoms with Gasteiger partial charge in [-0.2, -0.15) is 13.1 Å². The minimum absolute atomic E-state index is 0.111. The second-order valence-corrected chi connectivity index (χ2v) is 29.0. The topological polar surface area (TPSA) is 270 Å². The maximum absolute atomic E-state index is 13.9. The minimum Gasteiger partial charge on any atom is -0.481 e. The molecule has 5 aromatic carbocycles. The van der Waals surface area contributed by atoms with Crippen LogP contribution in [0.25, 0.3) is 63.8 Å². The molecule has 518 valence electrons. The lowest BCUT2D eigenvalue weighted by Gasteiger charge is -2.17. The lowest BCUT2D eigenvalue weighted by Crippen LogP contribution is -2.30.